The largest absolute Gasteiger partial charge is 0.396 e. The molecule has 1 aromatic heterocycles. The molecule has 0 aliphatic heterocycles. The zero-order valence-corrected chi connectivity index (χ0v) is 14.1. The van der Waals surface area contributed by atoms with E-state index in [0.29, 0.717) is 29.8 Å². The summed E-state index contributed by atoms with van der Waals surface area (Å²) in [5, 5.41) is 4.17. The number of hydrogen-bond acceptors (Lipinski definition) is 3. The SMILES string of the molecule is CCn1ncc(N)c1C(=O)N(CCC(C)C)CCC(C)C. The summed E-state index contributed by atoms with van der Waals surface area (Å²) in [5.74, 6) is 1.16. The van der Waals surface area contributed by atoms with Gasteiger partial charge in [-0.25, -0.2) is 0 Å². The highest BCUT2D eigenvalue weighted by atomic mass is 16.2. The van der Waals surface area contributed by atoms with Crippen LogP contribution in [-0.2, 0) is 6.54 Å². The summed E-state index contributed by atoms with van der Waals surface area (Å²) in [5.41, 5.74) is 6.94. The number of anilines is 1. The van der Waals surface area contributed by atoms with Crippen molar-refractivity contribution < 1.29 is 4.79 Å². The molecule has 0 unspecified atom stereocenters. The van der Waals surface area contributed by atoms with Gasteiger partial charge in [0.2, 0.25) is 0 Å². The fourth-order valence-electron chi connectivity index (χ4n) is 2.17. The van der Waals surface area contributed by atoms with E-state index in [1.807, 2.05) is 11.8 Å². The number of carbonyl (C=O) groups is 1. The predicted molar refractivity (Wildman–Crippen MR) is 87.1 cm³/mol. The first-order valence-corrected chi connectivity index (χ1v) is 7.97. The van der Waals surface area contributed by atoms with E-state index in [2.05, 4.69) is 32.8 Å². The van der Waals surface area contributed by atoms with Crippen molar-refractivity contribution in [3.8, 4) is 0 Å². The molecule has 1 amide bonds. The molecular formula is C16H30N4O. The van der Waals surface area contributed by atoms with E-state index in [4.69, 9.17) is 5.73 Å². The van der Waals surface area contributed by atoms with Gasteiger partial charge in [0.05, 0.1) is 11.9 Å². The molecule has 5 nitrogen and oxygen atoms in total. The van der Waals surface area contributed by atoms with Crippen molar-refractivity contribution in [2.75, 3.05) is 18.8 Å². The molecule has 0 spiro atoms. The highest BCUT2D eigenvalue weighted by Crippen LogP contribution is 2.16. The van der Waals surface area contributed by atoms with Gasteiger partial charge in [0.25, 0.3) is 5.91 Å². The van der Waals surface area contributed by atoms with Crippen LogP contribution in [0.2, 0.25) is 0 Å². The fraction of sp³-hybridized carbons (Fsp3) is 0.750. The third kappa shape index (κ3) is 5.06. The lowest BCUT2D eigenvalue weighted by Crippen LogP contribution is -2.36. The highest BCUT2D eigenvalue weighted by molar-refractivity contribution is 5.97. The van der Waals surface area contributed by atoms with Crippen LogP contribution in [-0.4, -0.2) is 33.7 Å². The van der Waals surface area contributed by atoms with Gasteiger partial charge in [-0.05, 0) is 31.6 Å². The van der Waals surface area contributed by atoms with Crippen molar-refractivity contribution in [1.29, 1.82) is 0 Å². The molecule has 2 N–H and O–H groups in total. The van der Waals surface area contributed by atoms with Crippen LogP contribution < -0.4 is 5.73 Å². The Labute approximate surface area is 128 Å². The average molecular weight is 294 g/mol. The van der Waals surface area contributed by atoms with Crippen molar-refractivity contribution >= 4 is 11.6 Å². The average Bonchev–Trinajstić information content (AvgIpc) is 2.78. The van der Waals surface area contributed by atoms with E-state index in [0.717, 1.165) is 25.9 Å². The van der Waals surface area contributed by atoms with Crippen LogP contribution in [0, 0.1) is 11.8 Å². The first kappa shape index (κ1) is 17.5. The molecule has 120 valence electrons. The molecule has 0 aromatic carbocycles. The van der Waals surface area contributed by atoms with Gasteiger partial charge in [-0.1, -0.05) is 27.7 Å². The number of amides is 1. The Morgan fingerprint density at radius 2 is 1.76 bits per heavy atom. The Bertz CT molecular complexity index is 439. The highest BCUT2D eigenvalue weighted by Gasteiger charge is 2.22. The van der Waals surface area contributed by atoms with Gasteiger partial charge in [-0.3, -0.25) is 9.48 Å². The summed E-state index contributed by atoms with van der Waals surface area (Å²) in [6, 6.07) is 0. The summed E-state index contributed by atoms with van der Waals surface area (Å²) < 4.78 is 1.69. The zero-order chi connectivity index (χ0) is 16.0. The molecule has 1 aromatic rings. The van der Waals surface area contributed by atoms with Gasteiger partial charge in [0.1, 0.15) is 5.69 Å². The number of aromatic nitrogens is 2. The maximum Gasteiger partial charge on any atom is 0.274 e. The lowest BCUT2D eigenvalue weighted by molar-refractivity contribution is 0.0729. The first-order chi connectivity index (χ1) is 9.86. The number of nitrogen functional groups attached to an aromatic ring is 1. The summed E-state index contributed by atoms with van der Waals surface area (Å²) >= 11 is 0. The summed E-state index contributed by atoms with van der Waals surface area (Å²) in [7, 11) is 0. The van der Waals surface area contributed by atoms with Crippen molar-refractivity contribution in [1.82, 2.24) is 14.7 Å². The van der Waals surface area contributed by atoms with Crippen molar-refractivity contribution in [3.63, 3.8) is 0 Å². The molecule has 0 saturated carbocycles. The van der Waals surface area contributed by atoms with Gasteiger partial charge >= 0.3 is 0 Å². The Balaban J connectivity index is 2.89. The van der Waals surface area contributed by atoms with Crippen LogP contribution in [0.25, 0.3) is 0 Å². The minimum atomic E-state index is 0.00755. The van der Waals surface area contributed by atoms with Crippen molar-refractivity contribution in [2.45, 2.75) is 54.0 Å². The second-order valence-corrected chi connectivity index (χ2v) is 6.42. The Hall–Kier alpha value is -1.52. The van der Waals surface area contributed by atoms with Gasteiger partial charge in [-0.2, -0.15) is 5.10 Å². The molecule has 0 aliphatic rings. The smallest absolute Gasteiger partial charge is 0.274 e. The molecule has 0 radical (unpaired) electrons. The molecule has 1 rings (SSSR count). The topological polar surface area (TPSA) is 64.2 Å². The molecule has 21 heavy (non-hydrogen) atoms. The summed E-state index contributed by atoms with van der Waals surface area (Å²) in [6.45, 7) is 12.9. The van der Waals surface area contributed by atoms with E-state index in [1.54, 1.807) is 10.9 Å². The van der Waals surface area contributed by atoms with Crippen molar-refractivity contribution in [3.05, 3.63) is 11.9 Å². The minimum absolute atomic E-state index is 0.00755. The van der Waals surface area contributed by atoms with Crippen LogP contribution in [0.5, 0.6) is 0 Å². The fourth-order valence-corrected chi connectivity index (χ4v) is 2.17. The Kier molecular flexibility index (Phi) is 6.72. The molecule has 0 fully saturated rings. The minimum Gasteiger partial charge on any atom is -0.396 e. The van der Waals surface area contributed by atoms with Crippen molar-refractivity contribution in [2.24, 2.45) is 11.8 Å². The van der Waals surface area contributed by atoms with Gasteiger partial charge in [-0.15, -0.1) is 0 Å². The van der Waals surface area contributed by atoms with E-state index >= 15 is 0 Å². The number of nitrogens with two attached hydrogens (primary N) is 1. The number of carbonyl (C=O) groups excluding carboxylic acids is 1. The summed E-state index contributed by atoms with van der Waals surface area (Å²) in [4.78, 5) is 14.7. The third-order valence-electron chi connectivity index (χ3n) is 3.61. The van der Waals surface area contributed by atoms with Crippen LogP contribution >= 0.6 is 0 Å². The maximum absolute atomic E-state index is 12.8. The zero-order valence-electron chi connectivity index (χ0n) is 14.1. The Morgan fingerprint density at radius 3 is 2.19 bits per heavy atom. The quantitative estimate of drug-likeness (QED) is 0.801. The molecular weight excluding hydrogens is 264 g/mol. The monoisotopic (exact) mass is 294 g/mol. The molecule has 0 aliphatic carbocycles. The summed E-state index contributed by atoms with van der Waals surface area (Å²) in [6.07, 6.45) is 3.58. The number of aryl methyl sites for hydroxylation is 1. The lowest BCUT2D eigenvalue weighted by Gasteiger charge is -2.25. The third-order valence-corrected chi connectivity index (χ3v) is 3.61. The standard InChI is InChI=1S/C16H30N4O/c1-6-20-15(14(17)11-18-20)16(21)19(9-7-12(2)3)10-8-13(4)5/h11-13H,6-10,17H2,1-5H3. The van der Waals surface area contributed by atoms with E-state index in [9.17, 15) is 4.79 Å². The maximum atomic E-state index is 12.8. The van der Waals surface area contributed by atoms with E-state index < -0.39 is 0 Å². The van der Waals surface area contributed by atoms with E-state index in [-0.39, 0.29) is 5.91 Å². The molecule has 1 heterocycles. The van der Waals surface area contributed by atoms with Gasteiger partial charge in [0, 0.05) is 19.6 Å². The molecule has 0 saturated heterocycles. The number of nitrogens with zero attached hydrogens (tertiary/aromatic N) is 3. The molecule has 0 atom stereocenters. The van der Waals surface area contributed by atoms with Crippen LogP contribution in [0.3, 0.4) is 0 Å². The normalized spacial score (nSPS) is 11.4. The van der Waals surface area contributed by atoms with Crippen LogP contribution in [0.15, 0.2) is 6.20 Å². The van der Waals surface area contributed by atoms with Gasteiger partial charge < -0.3 is 10.6 Å². The van der Waals surface area contributed by atoms with Crippen LogP contribution in [0.1, 0.15) is 57.9 Å². The first-order valence-electron chi connectivity index (χ1n) is 7.97. The lowest BCUT2D eigenvalue weighted by atomic mass is 10.1. The Morgan fingerprint density at radius 1 is 1.24 bits per heavy atom. The van der Waals surface area contributed by atoms with Crippen LogP contribution in [0.4, 0.5) is 5.69 Å². The molecule has 0 bridgehead atoms. The number of rotatable bonds is 8. The second kappa shape index (κ2) is 8.05. The second-order valence-electron chi connectivity index (χ2n) is 6.42. The molecule has 5 heteroatoms. The number of hydrogen-bond donors (Lipinski definition) is 1. The predicted octanol–water partition coefficient (Wildman–Crippen LogP) is 3.02. The van der Waals surface area contributed by atoms with E-state index in [1.165, 1.54) is 0 Å². The van der Waals surface area contributed by atoms with Gasteiger partial charge in [0.15, 0.2) is 0 Å².